The lowest BCUT2D eigenvalue weighted by Gasteiger charge is -2.11. The molecular weight excluding hydrogens is 528 g/mol. The summed E-state index contributed by atoms with van der Waals surface area (Å²) in [5.74, 6) is -0.712. The summed E-state index contributed by atoms with van der Waals surface area (Å²) in [6, 6.07) is 25.8. The van der Waals surface area contributed by atoms with E-state index in [2.05, 4.69) is 21.3 Å². The quantitative estimate of drug-likeness (QED) is 0.154. The van der Waals surface area contributed by atoms with E-state index in [9.17, 15) is 19.2 Å². The Morgan fingerprint density at radius 1 is 0.750 bits per heavy atom. The molecule has 0 radical (unpaired) electrons. The molecule has 0 bridgehead atoms. The zero-order valence-electron chi connectivity index (χ0n) is 21.5. The van der Waals surface area contributed by atoms with Crippen molar-refractivity contribution >= 4 is 58.5 Å². The Bertz CT molecular complexity index is 1500. The Labute approximate surface area is 235 Å². The van der Waals surface area contributed by atoms with Gasteiger partial charge in [0.1, 0.15) is 11.5 Å². The summed E-state index contributed by atoms with van der Waals surface area (Å²) < 4.78 is 5.31. The Morgan fingerprint density at radius 2 is 1.38 bits per heavy atom. The number of rotatable bonds is 10. The molecule has 0 aliphatic rings. The van der Waals surface area contributed by atoms with Crippen molar-refractivity contribution in [3.63, 3.8) is 0 Å². The number of benzene rings is 3. The smallest absolute Gasteiger partial charge is 0.272 e. The van der Waals surface area contributed by atoms with E-state index in [1.807, 2.05) is 0 Å². The van der Waals surface area contributed by atoms with Crippen LogP contribution in [-0.2, 0) is 14.4 Å². The molecule has 0 saturated carbocycles. The number of thioether (sulfide) groups is 1. The molecule has 1 aromatic heterocycles. The SMILES string of the molecule is CC(=O)Nc1ccc(NC(=O)CSc2ccc(NC(=O)/C(=C/c3ccco3)NC(=O)c3ccccc3)cc2)cc1. The van der Waals surface area contributed by atoms with E-state index >= 15 is 0 Å². The van der Waals surface area contributed by atoms with Crippen LogP contribution in [0.3, 0.4) is 0 Å². The third-order valence-corrected chi connectivity index (χ3v) is 6.34. The summed E-state index contributed by atoms with van der Waals surface area (Å²) in [5, 5.41) is 10.9. The summed E-state index contributed by atoms with van der Waals surface area (Å²) in [7, 11) is 0. The Hall–Kier alpha value is -5.09. The maximum atomic E-state index is 13.0. The lowest BCUT2D eigenvalue weighted by molar-refractivity contribution is -0.114. The minimum atomic E-state index is -0.523. The first-order valence-electron chi connectivity index (χ1n) is 12.2. The van der Waals surface area contributed by atoms with Crippen LogP contribution in [0.2, 0.25) is 0 Å². The molecule has 40 heavy (non-hydrogen) atoms. The molecular formula is C30H26N4O5S. The summed E-state index contributed by atoms with van der Waals surface area (Å²) in [6.07, 6.45) is 2.92. The van der Waals surface area contributed by atoms with Crippen molar-refractivity contribution in [3.05, 3.63) is 114 Å². The van der Waals surface area contributed by atoms with Crippen LogP contribution in [0.5, 0.6) is 0 Å². The van der Waals surface area contributed by atoms with Gasteiger partial charge in [-0.3, -0.25) is 19.2 Å². The zero-order valence-corrected chi connectivity index (χ0v) is 22.3. The number of furan rings is 1. The standard InChI is InChI=1S/C30H26N4O5S/c1-20(35)31-22-9-11-23(12-10-22)32-28(36)19-40-26-15-13-24(14-16-26)33-30(38)27(18-25-8-5-17-39-25)34-29(37)21-6-3-2-4-7-21/h2-18H,19H2,1H3,(H,31,35)(H,32,36)(H,33,38)(H,34,37)/b27-18-. The van der Waals surface area contributed by atoms with Crippen molar-refractivity contribution in [3.8, 4) is 0 Å². The zero-order chi connectivity index (χ0) is 28.3. The van der Waals surface area contributed by atoms with Crippen LogP contribution in [0.1, 0.15) is 23.0 Å². The molecule has 0 atom stereocenters. The van der Waals surface area contributed by atoms with E-state index in [0.29, 0.717) is 28.4 Å². The molecule has 0 spiro atoms. The Balaban J connectivity index is 1.32. The monoisotopic (exact) mass is 554 g/mol. The first-order chi connectivity index (χ1) is 19.4. The molecule has 4 aromatic rings. The van der Waals surface area contributed by atoms with Crippen LogP contribution in [0.25, 0.3) is 6.08 Å². The van der Waals surface area contributed by atoms with Crippen molar-refractivity contribution in [1.82, 2.24) is 5.32 Å². The molecule has 0 aliphatic heterocycles. The van der Waals surface area contributed by atoms with Crippen molar-refractivity contribution < 1.29 is 23.6 Å². The lowest BCUT2D eigenvalue weighted by atomic mass is 10.2. The van der Waals surface area contributed by atoms with Crippen LogP contribution in [-0.4, -0.2) is 29.4 Å². The second-order valence-corrected chi connectivity index (χ2v) is 9.52. The lowest BCUT2D eigenvalue weighted by Crippen LogP contribution is -2.30. The van der Waals surface area contributed by atoms with E-state index in [-0.39, 0.29) is 23.3 Å². The average molecular weight is 555 g/mol. The Kier molecular flexibility index (Phi) is 9.52. The fourth-order valence-corrected chi connectivity index (χ4v) is 4.18. The van der Waals surface area contributed by atoms with Gasteiger partial charge in [-0.05, 0) is 72.8 Å². The largest absolute Gasteiger partial charge is 0.465 e. The Morgan fingerprint density at radius 3 is 2.00 bits per heavy atom. The average Bonchev–Trinajstić information content (AvgIpc) is 3.47. The van der Waals surface area contributed by atoms with Gasteiger partial charge in [0.15, 0.2) is 0 Å². The van der Waals surface area contributed by atoms with Crippen molar-refractivity contribution in [2.24, 2.45) is 0 Å². The van der Waals surface area contributed by atoms with Gasteiger partial charge in [-0.15, -0.1) is 11.8 Å². The fourth-order valence-electron chi connectivity index (χ4n) is 3.48. The second kappa shape index (κ2) is 13.6. The highest BCUT2D eigenvalue weighted by atomic mass is 32.2. The summed E-state index contributed by atoms with van der Waals surface area (Å²) in [5.41, 5.74) is 2.21. The van der Waals surface area contributed by atoms with Gasteiger partial charge in [-0.2, -0.15) is 0 Å². The molecule has 4 N–H and O–H groups in total. The molecule has 0 aliphatic carbocycles. The highest BCUT2D eigenvalue weighted by molar-refractivity contribution is 8.00. The third kappa shape index (κ3) is 8.47. The van der Waals surface area contributed by atoms with Crippen LogP contribution >= 0.6 is 11.8 Å². The normalized spacial score (nSPS) is 10.9. The van der Waals surface area contributed by atoms with Crippen molar-refractivity contribution in [1.29, 1.82) is 0 Å². The van der Waals surface area contributed by atoms with Gasteiger partial charge < -0.3 is 25.7 Å². The summed E-state index contributed by atoms with van der Waals surface area (Å²) in [4.78, 5) is 50.0. The van der Waals surface area contributed by atoms with Gasteiger partial charge in [-0.25, -0.2) is 0 Å². The molecule has 9 nitrogen and oxygen atoms in total. The second-order valence-electron chi connectivity index (χ2n) is 8.47. The number of anilines is 3. The van der Waals surface area contributed by atoms with E-state index < -0.39 is 11.8 Å². The molecule has 4 amide bonds. The van der Waals surface area contributed by atoms with Gasteiger partial charge in [-0.1, -0.05) is 18.2 Å². The predicted octanol–water partition coefficient (Wildman–Crippen LogP) is 5.38. The topological polar surface area (TPSA) is 130 Å². The highest BCUT2D eigenvalue weighted by Crippen LogP contribution is 2.22. The number of nitrogens with one attached hydrogen (secondary N) is 4. The maximum absolute atomic E-state index is 13.0. The minimum absolute atomic E-state index is 0.0176. The van der Waals surface area contributed by atoms with Gasteiger partial charge in [0.05, 0.1) is 12.0 Å². The molecule has 202 valence electrons. The van der Waals surface area contributed by atoms with E-state index in [4.69, 9.17) is 4.42 Å². The van der Waals surface area contributed by atoms with Crippen LogP contribution < -0.4 is 21.3 Å². The first-order valence-corrected chi connectivity index (χ1v) is 13.2. The minimum Gasteiger partial charge on any atom is -0.465 e. The summed E-state index contributed by atoms with van der Waals surface area (Å²) in [6.45, 7) is 1.43. The molecule has 1 heterocycles. The highest BCUT2D eigenvalue weighted by Gasteiger charge is 2.16. The van der Waals surface area contributed by atoms with Crippen LogP contribution in [0, 0.1) is 0 Å². The van der Waals surface area contributed by atoms with Crippen molar-refractivity contribution in [2.75, 3.05) is 21.7 Å². The number of carbonyl (C=O) groups excluding carboxylic acids is 4. The third-order valence-electron chi connectivity index (χ3n) is 5.33. The van der Waals surface area contributed by atoms with E-state index in [1.54, 1.807) is 91.0 Å². The first kappa shape index (κ1) is 27.9. The number of carbonyl (C=O) groups is 4. The molecule has 4 rings (SSSR count). The van der Waals surface area contributed by atoms with E-state index in [1.165, 1.54) is 31.0 Å². The van der Waals surface area contributed by atoms with Gasteiger partial charge >= 0.3 is 0 Å². The number of hydrogen-bond acceptors (Lipinski definition) is 6. The van der Waals surface area contributed by atoms with Crippen molar-refractivity contribution in [2.45, 2.75) is 11.8 Å². The molecule has 10 heteroatoms. The van der Waals surface area contributed by atoms with Crippen LogP contribution in [0.4, 0.5) is 17.1 Å². The van der Waals surface area contributed by atoms with E-state index in [0.717, 1.165) is 4.90 Å². The van der Waals surface area contributed by atoms with Gasteiger partial charge in [0, 0.05) is 40.5 Å². The van der Waals surface area contributed by atoms with Crippen LogP contribution in [0.15, 0.2) is 112 Å². The number of hydrogen-bond donors (Lipinski definition) is 4. The number of amides is 4. The molecule has 3 aromatic carbocycles. The summed E-state index contributed by atoms with van der Waals surface area (Å²) >= 11 is 1.34. The fraction of sp³-hybridized carbons (Fsp3) is 0.0667. The van der Waals surface area contributed by atoms with Gasteiger partial charge in [0.25, 0.3) is 11.8 Å². The maximum Gasteiger partial charge on any atom is 0.272 e. The molecule has 0 unspecified atom stereocenters. The predicted molar refractivity (Wildman–Crippen MR) is 156 cm³/mol. The molecule has 0 fully saturated rings. The molecule has 0 saturated heterocycles. The van der Waals surface area contributed by atoms with Gasteiger partial charge in [0.2, 0.25) is 11.8 Å².